The van der Waals surface area contributed by atoms with E-state index in [1.54, 1.807) is 6.92 Å². The van der Waals surface area contributed by atoms with Gasteiger partial charge in [-0.3, -0.25) is 0 Å². The predicted octanol–water partition coefficient (Wildman–Crippen LogP) is 1.02. The van der Waals surface area contributed by atoms with Gasteiger partial charge in [-0.15, -0.1) is 0 Å². The van der Waals surface area contributed by atoms with E-state index in [0.29, 0.717) is 5.71 Å². The fourth-order valence-corrected chi connectivity index (χ4v) is 0.972. The summed E-state index contributed by atoms with van der Waals surface area (Å²) in [5, 5.41) is 11.4. The van der Waals surface area contributed by atoms with Gasteiger partial charge >= 0.3 is 0 Å². The molecule has 0 aliphatic carbocycles. The van der Waals surface area contributed by atoms with Crippen molar-refractivity contribution < 1.29 is 9.94 Å². The van der Waals surface area contributed by atoms with Crippen LogP contribution in [-0.4, -0.2) is 23.6 Å². The molecule has 1 aliphatic rings. The molecule has 0 bridgehead atoms. The maximum atomic E-state index is 8.30. The Kier molecular flexibility index (Phi) is 2.05. The molecule has 0 radical (unpaired) electrons. The summed E-state index contributed by atoms with van der Waals surface area (Å²) in [6.45, 7) is 2.58. The molecule has 9 heavy (non-hydrogen) atoms. The third kappa shape index (κ3) is 1.42. The van der Waals surface area contributed by atoms with E-state index in [0.717, 1.165) is 19.4 Å². The zero-order chi connectivity index (χ0) is 6.69. The summed E-state index contributed by atoms with van der Waals surface area (Å²) in [5.74, 6) is 0. The molecular formula is C6H11NO2. The highest BCUT2D eigenvalue weighted by molar-refractivity contribution is 5.85. The first-order valence-corrected chi connectivity index (χ1v) is 3.14. The van der Waals surface area contributed by atoms with Gasteiger partial charge in [0.25, 0.3) is 0 Å². The van der Waals surface area contributed by atoms with Crippen LogP contribution in [0.15, 0.2) is 5.16 Å². The zero-order valence-corrected chi connectivity index (χ0v) is 5.50. The molecule has 52 valence electrons. The second-order valence-electron chi connectivity index (χ2n) is 2.24. The zero-order valence-electron chi connectivity index (χ0n) is 5.50. The van der Waals surface area contributed by atoms with Crippen molar-refractivity contribution in [3.63, 3.8) is 0 Å². The third-order valence-corrected chi connectivity index (χ3v) is 1.55. The fraction of sp³-hybridized carbons (Fsp3) is 0.833. The molecule has 0 spiro atoms. The van der Waals surface area contributed by atoms with Crippen LogP contribution >= 0.6 is 0 Å². The smallest absolute Gasteiger partial charge is 0.0986 e. The van der Waals surface area contributed by atoms with Crippen LogP contribution in [0, 0.1) is 0 Å². The monoisotopic (exact) mass is 129 g/mol. The van der Waals surface area contributed by atoms with Crippen molar-refractivity contribution in [3.8, 4) is 0 Å². The average molecular weight is 129 g/mol. The minimum atomic E-state index is 0.0787. The van der Waals surface area contributed by atoms with Crippen LogP contribution < -0.4 is 0 Å². The first kappa shape index (κ1) is 6.55. The summed E-state index contributed by atoms with van der Waals surface area (Å²) in [7, 11) is 0. The Labute approximate surface area is 54.3 Å². The van der Waals surface area contributed by atoms with Crippen molar-refractivity contribution in [1.82, 2.24) is 0 Å². The van der Waals surface area contributed by atoms with Crippen molar-refractivity contribution >= 4 is 5.71 Å². The molecule has 1 fully saturated rings. The quantitative estimate of drug-likeness (QED) is 0.326. The lowest BCUT2D eigenvalue weighted by Crippen LogP contribution is -2.15. The fourth-order valence-electron chi connectivity index (χ4n) is 0.972. The SMILES string of the molecule is C/C(=N\O)C1CCCO1. The molecule has 1 unspecified atom stereocenters. The summed E-state index contributed by atoms with van der Waals surface area (Å²) in [6, 6.07) is 0. The van der Waals surface area contributed by atoms with Crippen molar-refractivity contribution in [2.75, 3.05) is 6.61 Å². The molecule has 0 amide bonds. The molecule has 1 heterocycles. The first-order chi connectivity index (χ1) is 4.34. The normalized spacial score (nSPS) is 29.0. The Morgan fingerprint density at radius 1 is 1.78 bits per heavy atom. The molecule has 1 atom stereocenters. The van der Waals surface area contributed by atoms with Gasteiger partial charge < -0.3 is 9.94 Å². The Morgan fingerprint density at radius 2 is 2.56 bits per heavy atom. The molecule has 1 N–H and O–H groups in total. The van der Waals surface area contributed by atoms with Crippen molar-refractivity contribution in [1.29, 1.82) is 0 Å². The highest BCUT2D eigenvalue weighted by atomic mass is 16.5. The summed E-state index contributed by atoms with van der Waals surface area (Å²) in [6.07, 6.45) is 2.16. The Balaban J connectivity index is 2.42. The van der Waals surface area contributed by atoms with Crippen LogP contribution in [0.5, 0.6) is 0 Å². The minimum absolute atomic E-state index is 0.0787. The van der Waals surface area contributed by atoms with Gasteiger partial charge in [0.1, 0.15) is 0 Å². The van der Waals surface area contributed by atoms with E-state index in [1.165, 1.54) is 0 Å². The van der Waals surface area contributed by atoms with Crippen molar-refractivity contribution in [2.45, 2.75) is 25.9 Å². The van der Waals surface area contributed by atoms with E-state index in [-0.39, 0.29) is 6.10 Å². The topological polar surface area (TPSA) is 41.8 Å². The van der Waals surface area contributed by atoms with Gasteiger partial charge in [-0.2, -0.15) is 0 Å². The van der Waals surface area contributed by atoms with Crippen molar-refractivity contribution in [3.05, 3.63) is 0 Å². The minimum Gasteiger partial charge on any atom is -0.411 e. The Hall–Kier alpha value is -0.570. The van der Waals surface area contributed by atoms with Crippen molar-refractivity contribution in [2.24, 2.45) is 5.16 Å². The second-order valence-corrected chi connectivity index (χ2v) is 2.24. The molecule has 0 aromatic heterocycles. The lowest BCUT2D eigenvalue weighted by atomic mass is 10.2. The van der Waals surface area contributed by atoms with Crippen LogP contribution in [0.25, 0.3) is 0 Å². The molecule has 3 heteroatoms. The number of nitrogens with zero attached hydrogens (tertiary/aromatic N) is 1. The molecule has 1 rings (SSSR count). The summed E-state index contributed by atoms with van der Waals surface area (Å²) in [4.78, 5) is 0. The van der Waals surface area contributed by atoms with Gasteiger partial charge in [-0.1, -0.05) is 5.16 Å². The number of rotatable bonds is 1. The van der Waals surface area contributed by atoms with Gasteiger partial charge in [0.05, 0.1) is 11.8 Å². The number of ether oxygens (including phenoxy) is 1. The van der Waals surface area contributed by atoms with Gasteiger partial charge in [-0.05, 0) is 19.8 Å². The highest BCUT2D eigenvalue weighted by Crippen LogP contribution is 2.12. The molecule has 1 aliphatic heterocycles. The van der Waals surface area contributed by atoms with E-state index in [4.69, 9.17) is 9.94 Å². The van der Waals surface area contributed by atoms with Crippen LogP contribution in [0.1, 0.15) is 19.8 Å². The number of oxime groups is 1. The number of hydrogen-bond acceptors (Lipinski definition) is 3. The molecule has 1 saturated heterocycles. The molecule has 3 nitrogen and oxygen atoms in total. The average Bonchev–Trinajstić information content (AvgIpc) is 2.37. The summed E-state index contributed by atoms with van der Waals surface area (Å²) >= 11 is 0. The van der Waals surface area contributed by atoms with Crippen LogP contribution in [0.3, 0.4) is 0 Å². The van der Waals surface area contributed by atoms with E-state index >= 15 is 0 Å². The van der Waals surface area contributed by atoms with Gasteiger partial charge in [0.15, 0.2) is 0 Å². The highest BCUT2D eigenvalue weighted by Gasteiger charge is 2.18. The second kappa shape index (κ2) is 2.82. The van der Waals surface area contributed by atoms with Gasteiger partial charge in [-0.25, -0.2) is 0 Å². The maximum Gasteiger partial charge on any atom is 0.0986 e. The van der Waals surface area contributed by atoms with Gasteiger partial charge in [0.2, 0.25) is 0 Å². The Bertz CT molecular complexity index is 116. The maximum absolute atomic E-state index is 8.30. The van der Waals surface area contributed by atoms with Crippen LogP contribution in [0.2, 0.25) is 0 Å². The number of hydrogen-bond donors (Lipinski definition) is 1. The molecule has 0 saturated carbocycles. The standard InChI is InChI=1S/C6H11NO2/c1-5(7-8)6-3-2-4-9-6/h6,8H,2-4H2,1H3/b7-5+. The third-order valence-electron chi connectivity index (χ3n) is 1.55. The largest absolute Gasteiger partial charge is 0.411 e. The Morgan fingerprint density at radius 3 is 3.00 bits per heavy atom. The lowest BCUT2D eigenvalue weighted by molar-refractivity contribution is 0.154. The molecule has 0 aromatic carbocycles. The lowest BCUT2D eigenvalue weighted by Gasteiger charge is -2.04. The summed E-state index contributed by atoms with van der Waals surface area (Å²) in [5.41, 5.74) is 0.688. The van der Waals surface area contributed by atoms with Crippen LogP contribution in [0.4, 0.5) is 0 Å². The van der Waals surface area contributed by atoms with Crippen LogP contribution in [-0.2, 0) is 4.74 Å². The first-order valence-electron chi connectivity index (χ1n) is 3.14. The summed E-state index contributed by atoms with van der Waals surface area (Å²) < 4.78 is 5.21. The van der Waals surface area contributed by atoms with E-state index in [2.05, 4.69) is 5.16 Å². The molecule has 0 aromatic rings. The molecular weight excluding hydrogens is 118 g/mol. The van der Waals surface area contributed by atoms with Gasteiger partial charge in [0, 0.05) is 6.61 Å². The van der Waals surface area contributed by atoms with E-state index < -0.39 is 0 Å². The predicted molar refractivity (Wildman–Crippen MR) is 33.9 cm³/mol. The van der Waals surface area contributed by atoms with E-state index in [9.17, 15) is 0 Å². The van der Waals surface area contributed by atoms with E-state index in [1.807, 2.05) is 0 Å².